The Kier molecular flexibility index (Phi) is 4.24. The summed E-state index contributed by atoms with van der Waals surface area (Å²) in [6.45, 7) is 11.3. The molecule has 1 heterocycles. The van der Waals surface area contributed by atoms with E-state index in [9.17, 15) is 0 Å². The number of likely N-dealkylation sites (tertiary alicyclic amines) is 1. The molecule has 2 unspecified atom stereocenters. The van der Waals surface area contributed by atoms with Crippen molar-refractivity contribution >= 4 is 0 Å². The lowest BCUT2D eigenvalue weighted by atomic mass is 9.95. The molecule has 0 bridgehead atoms. The van der Waals surface area contributed by atoms with Gasteiger partial charge in [-0.2, -0.15) is 0 Å². The van der Waals surface area contributed by atoms with Crippen molar-refractivity contribution in [2.45, 2.75) is 58.9 Å². The second kappa shape index (κ2) is 4.99. The lowest BCUT2D eigenvalue weighted by Gasteiger charge is -2.47. The first-order valence-electron chi connectivity index (χ1n) is 6.14. The van der Waals surface area contributed by atoms with Crippen LogP contribution in [0.5, 0.6) is 0 Å². The summed E-state index contributed by atoms with van der Waals surface area (Å²) in [6, 6.07) is 0.971. The smallest absolute Gasteiger partial charge is 0.0887 e. The minimum absolute atomic E-state index is 0.971. The topological polar surface area (TPSA) is 0 Å². The molecule has 1 aliphatic rings. The number of nitrogens with zero attached hydrogens (tertiary/aromatic N) is 1. The molecule has 1 aliphatic heterocycles. The van der Waals surface area contributed by atoms with E-state index in [4.69, 9.17) is 0 Å². The summed E-state index contributed by atoms with van der Waals surface area (Å²) in [5.74, 6) is 0. The van der Waals surface area contributed by atoms with Gasteiger partial charge in [0.05, 0.1) is 25.7 Å². The van der Waals surface area contributed by atoms with Gasteiger partial charge in [-0.05, 0) is 39.0 Å². The van der Waals surface area contributed by atoms with E-state index in [1.54, 1.807) is 0 Å². The van der Waals surface area contributed by atoms with Crippen molar-refractivity contribution in [2.75, 3.05) is 19.6 Å². The molecule has 0 spiro atoms. The van der Waals surface area contributed by atoms with Gasteiger partial charge in [-0.25, -0.2) is 0 Å². The molecule has 1 heteroatoms. The molecule has 1 saturated heterocycles. The zero-order chi connectivity index (χ0) is 9.73. The van der Waals surface area contributed by atoms with Crippen LogP contribution in [-0.4, -0.2) is 30.2 Å². The summed E-state index contributed by atoms with van der Waals surface area (Å²) >= 11 is 0. The number of hydrogen-bond acceptors (Lipinski definition) is 0. The minimum Gasteiger partial charge on any atom is -0.321 e. The van der Waals surface area contributed by atoms with E-state index in [0.29, 0.717) is 0 Å². The second-order valence-electron chi connectivity index (χ2n) is 4.54. The predicted octanol–water partition coefficient (Wildman–Crippen LogP) is 3.20. The highest BCUT2D eigenvalue weighted by Crippen LogP contribution is 2.28. The summed E-state index contributed by atoms with van der Waals surface area (Å²) in [4.78, 5) is 0. The van der Waals surface area contributed by atoms with Gasteiger partial charge in [0, 0.05) is 0 Å². The molecular weight excluding hydrogens is 158 g/mol. The molecule has 1 nitrogen and oxygen atoms in total. The average Bonchev–Trinajstić information content (AvgIpc) is 2.19. The molecule has 2 atom stereocenters. The second-order valence-corrected chi connectivity index (χ2v) is 4.54. The van der Waals surface area contributed by atoms with E-state index in [2.05, 4.69) is 20.8 Å². The number of piperidine rings is 1. The van der Waals surface area contributed by atoms with E-state index < -0.39 is 0 Å². The SMILES string of the molecule is CCC[N+]1(CC)CCCCC1CC. The molecule has 0 aromatic carbocycles. The summed E-state index contributed by atoms with van der Waals surface area (Å²) in [6.07, 6.45) is 7.15. The summed E-state index contributed by atoms with van der Waals surface area (Å²) in [5.41, 5.74) is 0. The van der Waals surface area contributed by atoms with Crippen molar-refractivity contribution in [3.05, 3.63) is 0 Å². The first-order chi connectivity index (χ1) is 6.29. The van der Waals surface area contributed by atoms with Crippen LogP contribution in [0.25, 0.3) is 0 Å². The molecule has 0 saturated carbocycles. The normalized spacial score (nSPS) is 34.8. The summed E-state index contributed by atoms with van der Waals surface area (Å²) < 4.78 is 1.42. The maximum atomic E-state index is 2.38. The molecule has 0 aromatic heterocycles. The molecule has 1 rings (SSSR count). The van der Waals surface area contributed by atoms with Gasteiger partial charge < -0.3 is 4.48 Å². The van der Waals surface area contributed by atoms with Gasteiger partial charge in [-0.1, -0.05) is 13.8 Å². The standard InChI is InChI=1S/C12H26N/c1-4-10-13(6-3)11-8-7-9-12(13)5-2/h12H,4-11H2,1-3H3/q+1. The fourth-order valence-electron chi connectivity index (χ4n) is 3.17. The summed E-state index contributed by atoms with van der Waals surface area (Å²) in [7, 11) is 0. The van der Waals surface area contributed by atoms with E-state index in [1.165, 1.54) is 56.2 Å². The molecule has 0 amide bonds. The van der Waals surface area contributed by atoms with Crippen LogP contribution in [0.1, 0.15) is 52.9 Å². The van der Waals surface area contributed by atoms with E-state index >= 15 is 0 Å². The Hall–Kier alpha value is -0.0400. The lowest BCUT2D eigenvalue weighted by molar-refractivity contribution is -0.954. The van der Waals surface area contributed by atoms with Crippen molar-refractivity contribution < 1.29 is 4.48 Å². The third-order valence-corrected chi connectivity index (χ3v) is 3.94. The maximum Gasteiger partial charge on any atom is 0.0887 e. The van der Waals surface area contributed by atoms with Crippen molar-refractivity contribution in [1.29, 1.82) is 0 Å². The Balaban J connectivity index is 2.66. The van der Waals surface area contributed by atoms with Crippen LogP contribution < -0.4 is 0 Å². The van der Waals surface area contributed by atoms with Crippen LogP contribution in [0.4, 0.5) is 0 Å². The molecule has 0 N–H and O–H groups in total. The van der Waals surface area contributed by atoms with Gasteiger partial charge in [-0.15, -0.1) is 0 Å². The van der Waals surface area contributed by atoms with Gasteiger partial charge in [0.2, 0.25) is 0 Å². The maximum absolute atomic E-state index is 2.38. The molecule has 0 aliphatic carbocycles. The van der Waals surface area contributed by atoms with Crippen LogP contribution in [-0.2, 0) is 0 Å². The van der Waals surface area contributed by atoms with Gasteiger partial charge >= 0.3 is 0 Å². The first-order valence-corrected chi connectivity index (χ1v) is 6.14. The predicted molar refractivity (Wildman–Crippen MR) is 58.8 cm³/mol. The Labute approximate surface area is 83.7 Å². The number of hydrogen-bond donors (Lipinski definition) is 0. The Bertz CT molecular complexity index is 140. The van der Waals surface area contributed by atoms with Gasteiger partial charge in [-0.3, -0.25) is 0 Å². The zero-order valence-corrected chi connectivity index (χ0v) is 9.68. The van der Waals surface area contributed by atoms with Crippen LogP contribution in [0.2, 0.25) is 0 Å². The average molecular weight is 184 g/mol. The minimum atomic E-state index is 0.971. The molecule has 13 heavy (non-hydrogen) atoms. The highest BCUT2D eigenvalue weighted by molar-refractivity contribution is 4.65. The van der Waals surface area contributed by atoms with Crippen LogP contribution in [0.3, 0.4) is 0 Å². The number of quaternary nitrogens is 1. The quantitative estimate of drug-likeness (QED) is 0.589. The van der Waals surface area contributed by atoms with Gasteiger partial charge in [0.25, 0.3) is 0 Å². The molecule has 0 aromatic rings. The van der Waals surface area contributed by atoms with Crippen molar-refractivity contribution in [3.8, 4) is 0 Å². The molecular formula is C12H26N+. The van der Waals surface area contributed by atoms with Gasteiger partial charge in [0.1, 0.15) is 0 Å². The van der Waals surface area contributed by atoms with Gasteiger partial charge in [0.15, 0.2) is 0 Å². The van der Waals surface area contributed by atoms with Crippen LogP contribution >= 0.6 is 0 Å². The monoisotopic (exact) mass is 184 g/mol. The van der Waals surface area contributed by atoms with Crippen molar-refractivity contribution in [3.63, 3.8) is 0 Å². The Morgan fingerprint density at radius 3 is 2.46 bits per heavy atom. The highest BCUT2D eigenvalue weighted by atomic mass is 15.4. The fraction of sp³-hybridized carbons (Fsp3) is 1.00. The Morgan fingerprint density at radius 2 is 1.92 bits per heavy atom. The lowest BCUT2D eigenvalue weighted by Crippen LogP contribution is -2.58. The zero-order valence-electron chi connectivity index (χ0n) is 9.68. The molecule has 78 valence electrons. The van der Waals surface area contributed by atoms with Crippen molar-refractivity contribution in [2.24, 2.45) is 0 Å². The highest BCUT2D eigenvalue weighted by Gasteiger charge is 2.35. The van der Waals surface area contributed by atoms with Crippen LogP contribution in [0, 0.1) is 0 Å². The van der Waals surface area contributed by atoms with E-state index in [-0.39, 0.29) is 0 Å². The van der Waals surface area contributed by atoms with E-state index in [1.807, 2.05) is 0 Å². The van der Waals surface area contributed by atoms with Crippen LogP contribution in [0.15, 0.2) is 0 Å². The third-order valence-electron chi connectivity index (χ3n) is 3.94. The number of rotatable bonds is 4. The molecule has 0 radical (unpaired) electrons. The van der Waals surface area contributed by atoms with E-state index in [0.717, 1.165) is 6.04 Å². The Morgan fingerprint density at radius 1 is 1.15 bits per heavy atom. The van der Waals surface area contributed by atoms with Crippen molar-refractivity contribution in [1.82, 2.24) is 0 Å². The third kappa shape index (κ3) is 2.25. The molecule has 1 fully saturated rings. The first kappa shape index (κ1) is 11.0. The largest absolute Gasteiger partial charge is 0.321 e. The fourth-order valence-corrected chi connectivity index (χ4v) is 3.17. The summed E-state index contributed by atoms with van der Waals surface area (Å²) in [5, 5.41) is 0.